The average Bonchev–Trinajstić information content (AvgIpc) is 2.98. The van der Waals surface area contributed by atoms with E-state index < -0.39 is 6.04 Å². The highest BCUT2D eigenvalue weighted by Gasteiger charge is 2.47. The van der Waals surface area contributed by atoms with Crippen LogP contribution < -0.4 is 20.1 Å². The summed E-state index contributed by atoms with van der Waals surface area (Å²) < 4.78 is 10.7. The summed E-state index contributed by atoms with van der Waals surface area (Å²) >= 11 is 6.04. The second-order valence-corrected chi connectivity index (χ2v) is 5.71. The lowest BCUT2D eigenvalue weighted by Gasteiger charge is -2.45. The number of fused-ring (bicyclic) bond motifs is 1. The summed E-state index contributed by atoms with van der Waals surface area (Å²) in [6.07, 6.45) is 0. The van der Waals surface area contributed by atoms with Gasteiger partial charge in [-0.15, -0.1) is 0 Å². The standard InChI is InChI=1S/C16H13ClN2O3/c17-10-3-1-2-9(6-10)15-14(18)16(20)19(15)11-4-5-12-13(7-11)22-8-21-12/h1-7,14-15H,8,18H2/t14-,15-/m1/s1. The predicted octanol–water partition coefficient (Wildman–Crippen LogP) is 2.48. The Balaban J connectivity index is 1.72. The van der Waals surface area contributed by atoms with Gasteiger partial charge < -0.3 is 20.1 Å². The van der Waals surface area contributed by atoms with E-state index in [1.807, 2.05) is 24.3 Å². The Morgan fingerprint density at radius 2 is 1.95 bits per heavy atom. The van der Waals surface area contributed by atoms with Gasteiger partial charge in [-0.1, -0.05) is 23.7 Å². The first-order valence-corrected chi connectivity index (χ1v) is 7.27. The first-order chi connectivity index (χ1) is 10.6. The summed E-state index contributed by atoms with van der Waals surface area (Å²) in [6.45, 7) is 0.198. The Hall–Kier alpha value is -2.24. The Kier molecular flexibility index (Phi) is 2.99. The van der Waals surface area contributed by atoms with Crippen LogP contribution in [0.3, 0.4) is 0 Å². The van der Waals surface area contributed by atoms with Crippen LogP contribution in [0.1, 0.15) is 11.6 Å². The molecule has 2 aliphatic heterocycles. The number of β-lactam (4-membered cyclic amide) rings is 1. The number of carbonyl (C=O) groups excluding carboxylic acids is 1. The number of carbonyl (C=O) groups is 1. The number of nitrogens with zero attached hydrogens (tertiary/aromatic N) is 1. The van der Waals surface area contributed by atoms with Gasteiger partial charge in [0.15, 0.2) is 11.5 Å². The van der Waals surface area contributed by atoms with E-state index >= 15 is 0 Å². The molecule has 1 saturated heterocycles. The van der Waals surface area contributed by atoms with Gasteiger partial charge in [-0.05, 0) is 29.8 Å². The third kappa shape index (κ3) is 1.94. The fourth-order valence-electron chi connectivity index (χ4n) is 2.88. The van der Waals surface area contributed by atoms with Gasteiger partial charge in [-0.2, -0.15) is 0 Å². The summed E-state index contributed by atoms with van der Waals surface area (Å²) in [5.41, 5.74) is 7.65. The van der Waals surface area contributed by atoms with Crippen LogP contribution in [0.2, 0.25) is 5.02 Å². The Bertz CT molecular complexity index is 765. The molecule has 0 bridgehead atoms. The van der Waals surface area contributed by atoms with Crippen LogP contribution in [-0.2, 0) is 4.79 Å². The van der Waals surface area contributed by atoms with Gasteiger partial charge in [-0.3, -0.25) is 4.79 Å². The number of hydrogen-bond acceptors (Lipinski definition) is 4. The van der Waals surface area contributed by atoms with E-state index in [2.05, 4.69) is 0 Å². The lowest BCUT2D eigenvalue weighted by molar-refractivity contribution is -0.126. The number of amides is 1. The molecule has 2 N–H and O–H groups in total. The zero-order valence-electron chi connectivity index (χ0n) is 11.5. The highest BCUT2D eigenvalue weighted by atomic mass is 35.5. The summed E-state index contributed by atoms with van der Waals surface area (Å²) in [5.74, 6) is 1.19. The number of rotatable bonds is 2. The molecule has 2 aliphatic rings. The van der Waals surface area contributed by atoms with E-state index in [4.69, 9.17) is 26.8 Å². The van der Waals surface area contributed by atoms with E-state index in [1.54, 1.807) is 23.1 Å². The van der Waals surface area contributed by atoms with Crippen LogP contribution in [0, 0.1) is 0 Å². The number of benzene rings is 2. The second-order valence-electron chi connectivity index (χ2n) is 5.27. The highest BCUT2D eigenvalue weighted by Crippen LogP contribution is 2.42. The number of nitrogens with two attached hydrogens (primary N) is 1. The maximum absolute atomic E-state index is 12.2. The molecule has 1 amide bonds. The van der Waals surface area contributed by atoms with Crippen molar-refractivity contribution in [2.24, 2.45) is 5.73 Å². The van der Waals surface area contributed by atoms with E-state index in [-0.39, 0.29) is 18.7 Å². The smallest absolute Gasteiger partial charge is 0.247 e. The quantitative estimate of drug-likeness (QED) is 0.865. The zero-order chi connectivity index (χ0) is 15.3. The minimum atomic E-state index is -0.566. The molecule has 0 aliphatic carbocycles. The maximum Gasteiger partial charge on any atom is 0.247 e. The normalized spacial score (nSPS) is 22.6. The molecule has 0 radical (unpaired) electrons. The molecule has 0 aromatic heterocycles. The Labute approximate surface area is 132 Å². The molecule has 2 aromatic rings. The Morgan fingerprint density at radius 3 is 2.77 bits per heavy atom. The van der Waals surface area contributed by atoms with Crippen molar-refractivity contribution in [3.05, 3.63) is 53.1 Å². The minimum Gasteiger partial charge on any atom is -0.454 e. The fraction of sp³-hybridized carbons (Fsp3) is 0.188. The molecule has 0 unspecified atom stereocenters. The van der Waals surface area contributed by atoms with E-state index in [9.17, 15) is 4.79 Å². The van der Waals surface area contributed by atoms with Crippen molar-refractivity contribution in [1.82, 2.24) is 0 Å². The molecule has 2 aromatic carbocycles. The van der Waals surface area contributed by atoms with Crippen LogP contribution in [0.4, 0.5) is 5.69 Å². The van der Waals surface area contributed by atoms with Crippen molar-refractivity contribution < 1.29 is 14.3 Å². The fourth-order valence-corrected chi connectivity index (χ4v) is 3.08. The highest BCUT2D eigenvalue weighted by molar-refractivity contribution is 6.30. The monoisotopic (exact) mass is 316 g/mol. The lowest BCUT2D eigenvalue weighted by atomic mass is 9.88. The summed E-state index contributed by atoms with van der Waals surface area (Å²) in [6, 6.07) is 12.0. The van der Waals surface area contributed by atoms with Crippen LogP contribution in [0.5, 0.6) is 11.5 Å². The van der Waals surface area contributed by atoms with Gasteiger partial charge >= 0.3 is 0 Å². The third-order valence-electron chi connectivity index (χ3n) is 3.97. The van der Waals surface area contributed by atoms with Crippen LogP contribution in [-0.4, -0.2) is 18.7 Å². The van der Waals surface area contributed by atoms with Crippen molar-refractivity contribution in [1.29, 1.82) is 0 Å². The number of anilines is 1. The predicted molar refractivity (Wildman–Crippen MR) is 82.2 cm³/mol. The zero-order valence-corrected chi connectivity index (χ0v) is 12.3. The topological polar surface area (TPSA) is 64.8 Å². The van der Waals surface area contributed by atoms with Gasteiger partial charge in [0.1, 0.15) is 6.04 Å². The van der Waals surface area contributed by atoms with Crippen molar-refractivity contribution in [2.45, 2.75) is 12.1 Å². The summed E-state index contributed by atoms with van der Waals surface area (Å²) in [7, 11) is 0. The second kappa shape index (κ2) is 4.90. The molecule has 6 heteroatoms. The van der Waals surface area contributed by atoms with Gasteiger partial charge in [0.05, 0.1) is 6.04 Å². The largest absolute Gasteiger partial charge is 0.454 e. The van der Waals surface area contributed by atoms with Crippen molar-refractivity contribution in [2.75, 3.05) is 11.7 Å². The first-order valence-electron chi connectivity index (χ1n) is 6.89. The van der Waals surface area contributed by atoms with Gasteiger partial charge in [0.25, 0.3) is 0 Å². The molecule has 2 atom stereocenters. The molecular weight excluding hydrogens is 304 g/mol. The number of hydrogen-bond donors (Lipinski definition) is 1. The molecular formula is C16H13ClN2O3. The first kappa shape index (κ1) is 13.4. The molecule has 22 heavy (non-hydrogen) atoms. The van der Waals surface area contributed by atoms with E-state index in [1.165, 1.54) is 0 Å². The average molecular weight is 317 g/mol. The maximum atomic E-state index is 12.2. The summed E-state index contributed by atoms with van der Waals surface area (Å²) in [4.78, 5) is 13.9. The van der Waals surface area contributed by atoms with Gasteiger partial charge in [0.2, 0.25) is 12.7 Å². The van der Waals surface area contributed by atoms with Crippen LogP contribution in [0.25, 0.3) is 0 Å². The third-order valence-corrected chi connectivity index (χ3v) is 4.20. The molecule has 4 rings (SSSR count). The molecule has 112 valence electrons. The minimum absolute atomic E-state index is 0.121. The molecule has 5 nitrogen and oxygen atoms in total. The van der Waals surface area contributed by atoms with Crippen molar-refractivity contribution in [3.8, 4) is 11.5 Å². The van der Waals surface area contributed by atoms with Gasteiger partial charge in [0, 0.05) is 16.8 Å². The van der Waals surface area contributed by atoms with Gasteiger partial charge in [-0.25, -0.2) is 0 Å². The SMILES string of the molecule is N[C@H]1C(=O)N(c2ccc3c(c2)OCO3)[C@@H]1c1cccc(Cl)c1. The number of ether oxygens (including phenoxy) is 2. The van der Waals surface area contributed by atoms with E-state index in [0.29, 0.717) is 16.5 Å². The molecule has 0 saturated carbocycles. The molecule has 1 fully saturated rings. The lowest BCUT2D eigenvalue weighted by Crippen LogP contribution is -2.63. The van der Waals surface area contributed by atoms with Crippen molar-refractivity contribution >= 4 is 23.2 Å². The van der Waals surface area contributed by atoms with Crippen LogP contribution >= 0.6 is 11.6 Å². The van der Waals surface area contributed by atoms with E-state index in [0.717, 1.165) is 11.3 Å². The number of halogens is 1. The summed E-state index contributed by atoms with van der Waals surface area (Å²) in [5, 5.41) is 0.620. The van der Waals surface area contributed by atoms with Crippen molar-refractivity contribution in [3.63, 3.8) is 0 Å². The molecule has 0 spiro atoms. The Morgan fingerprint density at radius 1 is 1.14 bits per heavy atom. The molecule has 2 heterocycles. The van der Waals surface area contributed by atoms with Crippen LogP contribution in [0.15, 0.2) is 42.5 Å².